The molecule has 0 heterocycles. The normalized spacial score (nSPS) is 20.0. The van der Waals surface area contributed by atoms with Crippen molar-refractivity contribution in [1.82, 2.24) is 5.32 Å². The maximum Gasteiger partial charge on any atom is 0.407 e. The molecule has 1 fully saturated rings. The number of anilines is 1. The number of nitrogens with zero attached hydrogens (tertiary/aromatic N) is 1. The maximum atomic E-state index is 11.9. The van der Waals surface area contributed by atoms with Crippen LogP contribution in [0.4, 0.5) is 16.2 Å². The lowest BCUT2D eigenvalue weighted by molar-refractivity contribution is -0.384. The highest BCUT2D eigenvalue weighted by atomic mass is 32.2. The number of amides is 1. The molecule has 0 atom stereocenters. The molecule has 0 bridgehead atoms. The van der Waals surface area contributed by atoms with Crippen LogP contribution in [0, 0.1) is 16.0 Å². The summed E-state index contributed by atoms with van der Waals surface area (Å²) < 4.78 is 28.1. The van der Waals surface area contributed by atoms with Crippen molar-refractivity contribution in [2.24, 2.45) is 11.1 Å². The Morgan fingerprint density at radius 3 is 2.41 bits per heavy atom. The van der Waals surface area contributed by atoms with Crippen molar-refractivity contribution in [2.45, 2.75) is 63.0 Å². The third-order valence-electron chi connectivity index (χ3n) is 4.64. The van der Waals surface area contributed by atoms with E-state index >= 15 is 0 Å². The number of carbonyl (C=O) groups excluding carboxylic acids is 1. The summed E-state index contributed by atoms with van der Waals surface area (Å²) in [4.78, 5) is 22.2. The van der Waals surface area contributed by atoms with Gasteiger partial charge >= 0.3 is 6.09 Å². The van der Waals surface area contributed by atoms with Gasteiger partial charge in [0.2, 0.25) is 10.0 Å². The van der Waals surface area contributed by atoms with Gasteiger partial charge in [-0.2, -0.15) is 0 Å². The van der Waals surface area contributed by atoms with E-state index in [1.807, 2.05) is 20.8 Å². The molecule has 10 nitrogen and oxygen atoms in total. The molecule has 1 aliphatic carbocycles. The van der Waals surface area contributed by atoms with Crippen LogP contribution in [0.1, 0.15) is 46.5 Å². The highest BCUT2D eigenvalue weighted by Crippen LogP contribution is 2.29. The van der Waals surface area contributed by atoms with E-state index in [9.17, 15) is 23.3 Å². The zero-order valence-corrected chi connectivity index (χ0v) is 17.6. The van der Waals surface area contributed by atoms with Gasteiger partial charge < -0.3 is 15.4 Å². The third kappa shape index (κ3) is 7.17. The second-order valence-corrected chi connectivity index (χ2v) is 9.79. The first kappa shape index (κ1) is 22.9. The molecule has 0 spiro atoms. The van der Waals surface area contributed by atoms with Gasteiger partial charge in [0.05, 0.1) is 9.82 Å². The first-order valence-electron chi connectivity index (χ1n) is 9.40. The number of sulfonamides is 1. The van der Waals surface area contributed by atoms with Crippen LogP contribution in [-0.4, -0.2) is 37.6 Å². The standard InChI is InChI=1S/C18H28N4O6S/c1-18(2,3)28-17(23)21-13-6-4-12(5-7-13)11-20-15-9-8-14(29(19,26)27)10-16(15)22(24)25/h8-10,12-13,20H,4-7,11H2,1-3H3,(H,21,23)(H2,19,26,27). The highest BCUT2D eigenvalue weighted by Gasteiger charge is 2.25. The van der Waals surface area contributed by atoms with E-state index in [0.29, 0.717) is 6.54 Å². The number of ether oxygens (including phenoxy) is 1. The largest absolute Gasteiger partial charge is 0.444 e. The fourth-order valence-electron chi connectivity index (χ4n) is 3.23. The molecular formula is C18H28N4O6S. The van der Waals surface area contributed by atoms with E-state index in [1.54, 1.807) is 0 Å². The van der Waals surface area contributed by atoms with Crippen molar-refractivity contribution in [2.75, 3.05) is 11.9 Å². The van der Waals surface area contributed by atoms with Gasteiger partial charge in [-0.1, -0.05) is 0 Å². The number of carbonyl (C=O) groups is 1. The van der Waals surface area contributed by atoms with Crippen LogP contribution in [-0.2, 0) is 14.8 Å². The third-order valence-corrected chi connectivity index (χ3v) is 5.55. The summed E-state index contributed by atoms with van der Waals surface area (Å²) in [5.74, 6) is 0.282. The van der Waals surface area contributed by atoms with Gasteiger partial charge in [-0.15, -0.1) is 0 Å². The fraction of sp³-hybridized carbons (Fsp3) is 0.611. The quantitative estimate of drug-likeness (QED) is 0.465. The predicted molar refractivity (Wildman–Crippen MR) is 108 cm³/mol. The van der Waals surface area contributed by atoms with Gasteiger partial charge in [-0.05, 0) is 64.5 Å². The summed E-state index contributed by atoms with van der Waals surface area (Å²) in [5, 5.41) is 22.2. The molecular weight excluding hydrogens is 400 g/mol. The number of hydrogen-bond donors (Lipinski definition) is 3. The lowest BCUT2D eigenvalue weighted by Gasteiger charge is -2.30. The lowest BCUT2D eigenvalue weighted by atomic mass is 9.86. The minimum Gasteiger partial charge on any atom is -0.444 e. The molecule has 11 heteroatoms. The zero-order valence-electron chi connectivity index (χ0n) is 16.8. The molecule has 1 amide bonds. The number of rotatable bonds is 6. The van der Waals surface area contributed by atoms with E-state index in [0.717, 1.165) is 31.7 Å². The number of hydrogen-bond acceptors (Lipinski definition) is 7. The molecule has 29 heavy (non-hydrogen) atoms. The first-order chi connectivity index (χ1) is 13.3. The van der Waals surface area contributed by atoms with Crippen LogP contribution in [0.5, 0.6) is 0 Å². The molecule has 162 valence electrons. The van der Waals surface area contributed by atoms with E-state index in [2.05, 4.69) is 10.6 Å². The van der Waals surface area contributed by atoms with Gasteiger partial charge in [0.25, 0.3) is 5.69 Å². The summed E-state index contributed by atoms with van der Waals surface area (Å²) >= 11 is 0. The summed E-state index contributed by atoms with van der Waals surface area (Å²) in [5.41, 5.74) is -0.633. The number of benzene rings is 1. The number of nitrogens with two attached hydrogens (primary N) is 1. The Kier molecular flexibility index (Phi) is 7.06. The van der Waals surface area contributed by atoms with Crippen molar-refractivity contribution in [3.05, 3.63) is 28.3 Å². The minimum atomic E-state index is -4.02. The second kappa shape index (κ2) is 8.95. The van der Waals surface area contributed by atoms with Gasteiger partial charge in [0.15, 0.2) is 0 Å². The van der Waals surface area contributed by atoms with E-state index in [1.165, 1.54) is 12.1 Å². The highest BCUT2D eigenvalue weighted by molar-refractivity contribution is 7.89. The van der Waals surface area contributed by atoms with Crippen LogP contribution in [0.25, 0.3) is 0 Å². The van der Waals surface area contributed by atoms with E-state index < -0.39 is 26.6 Å². The monoisotopic (exact) mass is 428 g/mol. The molecule has 1 saturated carbocycles. The van der Waals surface area contributed by atoms with Crippen LogP contribution < -0.4 is 15.8 Å². The summed E-state index contributed by atoms with van der Waals surface area (Å²) in [6.45, 7) is 5.94. The van der Waals surface area contributed by atoms with Crippen LogP contribution in [0.2, 0.25) is 0 Å². The number of nitro groups is 1. The smallest absolute Gasteiger partial charge is 0.407 e. The Balaban J connectivity index is 1.89. The zero-order chi connectivity index (χ0) is 21.8. The van der Waals surface area contributed by atoms with Gasteiger partial charge in [-0.3, -0.25) is 10.1 Å². The van der Waals surface area contributed by atoms with E-state index in [4.69, 9.17) is 9.88 Å². The molecule has 0 radical (unpaired) electrons. The van der Waals surface area contributed by atoms with Crippen LogP contribution in [0.3, 0.4) is 0 Å². The van der Waals surface area contributed by atoms with Crippen LogP contribution >= 0.6 is 0 Å². The van der Waals surface area contributed by atoms with Crippen molar-refractivity contribution < 1.29 is 22.9 Å². The van der Waals surface area contributed by atoms with Crippen molar-refractivity contribution in [3.63, 3.8) is 0 Å². The molecule has 4 N–H and O–H groups in total. The first-order valence-corrected chi connectivity index (χ1v) is 10.9. The van der Waals surface area contributed by atoms with E-state index in [-0.39, 0.29) is 28.2 Å². The number of nitrogens with one attached hydrogen (secondary N) is 2. The van der Waals surface area contributed by atoms with Gasteiger partial charge in [0.1, 0.15) is 11.3 Å². The average molecular weight is 429 g/mol. The molecule has 0 aromatic heterocycles. The van der Waals surface area contributed by atoms with Gasteiger partial charge in [0, 0.05) is 18.7 Å². The Bertz CT molecular complexity index is 858. The molecule has 0 aliphatic heterocycles. The molecule has 2 rings (SSSR count). The Morgan fingerprint density at radius 1 is 1.28 bits per heavy atom. The maximum absolute atomic E-state index is 11.9. The van der Waals surface area contributed by atoms with Crippen molar-refractivity contribution in [1.29, 1.82) is 0 Å². The molecule has 1 aromatic rings. The Morgan fingerprint density at radius 2 is 1.90 bits per heavy atom. The molecule has 1 aliphatic rings. The Hall–Kier alpha value is -2.40. The topological polar surface area (TPSA) is 154 Å². The van der Waals surface area contributed by atoms with Gasteiger partial charge in [-0.25, -0.2) is 18.4 Å². The molecule has 0 saturated heterocycles. The SMILES string of the molecule is CC(C)(C)OC(=O)NC1CCC(CNc2ccc(S(N)(=O)=O)cc2[N+](=O)[O-])CC1. The predicted octanol–water partition coefficient (Wildman–Crippen LogP) is 2.74. The van der Waals surface area contributed by atoms with Crippen LogP contribution in [0.15, 0.2) is 23.1 Å². The second-order valence-electron chi connectivity index (χ2n) is 8.23. The number of primary sulfonamides is 1. The summed E-state index contributed by atoms with van der Waals surface area (Å²) in [6, 6.07) is 3.60. The number of nitro benzene ring substituents is 1. The Labute approximate surface area is 170 Å². The summed E-state index contributed by atoms with van der Waals surface area (Å²) in [7, 11) is -4.02. The summed E-state index contributed by atoms with van der Waals surface area (Å²) in [6.07, 6.45) is 2.84. The lowest BCUT2D eigenvalue weighted by Crippen LogP contribution is -2.41. The van der Waals surface area contributed by atoms with Crippen molar-refractivity contribution >= 4 is 27.5 Å². The fourth-order valence-corrected chi connectivity index (χ4v) is 3.76. The minimum absolute atomic E-state index is 0.0458. The molecule has 0 unspecified atom stereocenters. The van der Waals surface area contributed by atoms with Crippen molar-refractivity contribution in [3.8, 4) is 0 Å². The average Bonchev–Trinajstić information content (AvgIpc) is 2.58. The molecule has 1 aromatic carbocycles. The number of alkyl carbamates (subject to hydrolysis) is 1.